The second-order valence-electron chi connectivity index (χ2n) is 3.08. The van der Waals surface area contributed by atoms with Crippen LogP contribution < -0.4 is 10.5 Å². The van der Waals surface area contributed by atoms with E-state index in [4.69, 9.17) is 20.7 Å². The number of hydrogen-bond acceptors (Lipinski definition) is 4. The molecular weight excluding hydrogens is 214 g/mol. The van der Waals surface area contributed by atoms with Gasteiger partial charge in [0.05, 0.1) is 12.7 Å². The Hall–Kier alpha value is -2.08. The lowest BCUT2D eigenvalue weighted by Gasteiger charge is -2.12. The van der Waals surface area contributed by atoms with Gasteiger partial charge in [-0.3, -0.25) is 4.79 Å². The van der Waals surface area contributed by atoms with Crippen molar-refractivity contribution in [1.29, 1.82) is 0 Å². The van der Waals surface area contributed by atoms with Crippen LogP contribution >= 0.6 is 0 Å². The summed E-state index contributed by atoms with van der Waals surface area (Å²) in [6.07, 6.45) is 0. The van der Waals surface area contributed by atoms with Crippen LogP contribution in [0.25, 0.3) is 0 Å². The van der Waals surface area contributed by atoms with Crippen LogP contribution in [0.4, 0.5) is 0 Å². The minimum absolute atomic E-state index is 0.0122. The molecule has 6 heteroatoms. The predicted octanol–water partition coefficient (Wildman–Crippen LogP) is 0.478. The van der Waals surface area contributed by atoms with Gasteiger partial charge in [-0.05, 0) is 12.1 Å². The maximum atomic E-state index is 10.7. The lowest BCUT2D eigenvalue weighted by Crippen LogP contribution is -2.21. The first-order valence-electron chi connectivity index (χ1n) is 4.37. The van der Waals surface area contributed by atoms with Crippen LogP contribution in [0.2, 0.25) is 0 Å². The molecule has 1 aromatic carbocycles. The summed E-state index contributed by atoms with van der Waals surface area (Å²) in [5.74, 6) is -2.18. The molecule has 4 N–H and O–H groups in total. The quantitative estimate of drug-likeness (QED) is 0.687. The molecule has 16 heavy (non-hydrogen) atoms. The molecule has 0 spiro atoms. The molecule has 1 unspecified atom stereocenters. The molecule has 0 amide bonds. The Kier molecular flexibility index (Phi) is 3.47. The maximum Gasteiger partial charge on any atom is 0.335 e. The smallest absolute Gasteiger partial charge is 0.335 e. The molecule has 0 saturated carbocycles. The Bertz CT molecular complexity index is 429. The van der Waals surface area contributed by atoms with Crippen molar-refractivity contribution in [2.75, 3.05) is 7.11 Å². The highest BCUT2D eigenvalue weighted by Gasteiger charge is 2.19. The zero-order valence-electron chi connectivity index (χ0n) is 8.51. The van der Waals surface area contributed by atoms with Gasteiger partial charge < -0.3 is 20.7 Å². The summed E-state index contributed by atoms with van der Waals surface area (Å²) in [5.41, 5.74) is 5.66. The molecule has 86 valence electrons. The van der Waals surface area contributed by atoms with Gasteiger partial charge in [0.15, 0.2) is 0 Å². The second kappa shape index (κ2) is 4.63. The highest BCUT2D eigenvalue weighted by atomic mass is 16.5. The lowest BCUT2D eigenvalue weighted by molar-refractivity contribution is -0.138. The number of carbonyl (C=O) groups is 2. The van der Waals surface area contributed by atoms with Gasteiger partial charge in [0, 0.05) is 5.56 Å². The van der Waals surface area contributed by atoms with Crippen molar-refractivity contribution in [1.82, 2.24) is 0 Å². The van der Waals surface area contributed by atoms with Crippen molar-refractivity contribution < 1.29 is 24.5 Å². The van der Waals surface area contributed by atoms with Crippen LogP contribution in [-0.2, 0) is 4.79 Å². The van der Waals surface area contributed by atoms with Crippen LogP contribution in [0.15, 0.2) is 18.2 Å². The fourth-order valence-corrected chi connectivity index (χ4v) is 1.23. The fraction of sp³-hybridized carbons (Fsp3) is 0.200. The number of carboxylic acid groups (broad SMARTS) is 2. The molecule has 1 aromatic rings. The first kappa shape index (κ1) is 12.0. The van der Waals surface area contributed by atoms with Gasteiger partial charge in [0.25, 0.3) is 0 Å². The number of rotatable bonds is 4. The van der Waals surface area contributed by atoms with E-state index >= 15 is 0 Å². The largest absolute Gasteiger partial charge is 0.496 e. The second-order valence-corrected chi connectivity index (χ2v) is 3.08. The Balaban J connectivity index is 3.21. The summed E-state index contributed by atoms with van der Waals surface area (Å²) >= 11 is 0. The molecule has 0 saturated heterocycles. The Morgan fingerprint density at radius 2 is 2.00 bits per heavy atom. The van der Waals surface area contributed by atoms with Crippen molar-refractivity contribution in [3.8, 4) is 5.75 Å². The van der Waals surface area contributed by atoms with Gasteiger partial charge in [-0.25, -0.2) is 4.79 Å². The number of nitrogens with two attached hydrogens (primary N) is 1. The van der Waals surface area contributed by atoms with Gasteiger partial charge in [-0.1, -0.05) is 6.07 Å². The van der Waals surface area contributed by atoms with E-state index in [1.165, 1.54) is 25.3 Å². The SMILES string of the molecule is COc1cc(C(=O)O)ccc1C(N)C(=O)O. The summed E-state index contributed by atoms with van der Waals surface area (Å²) < 4.78 is 4.90. The van der Waals surface area contributed by atoms with E-state index in [9.17, 15) is 9.59 Å². The van der Waals surface area contributed by atoms with E-state index in [1.54, 1.807) is 0 Å². The molecule has 0 aliphatic heterocycles. The molecule has 0 aliphatic rings. The van der Waals surface area contributed by atoms with Crippen molar-refractivity contribution in [3.05, 3.63) is 29.3 Å². The first-order chi connectivity index (χ1) is 7.47. The van der Waals surface area contributed by atoms with Crippen LogP contribution in [0, 0.1) is 0 Å². The molecular formula is C10H11NO5. The van der Waals surface area contributed by atoms with Gasteiger partial charge in [0.2, 0.25) is 0 Å². The van der Waals surface area contributed by atoms with E-state index in [0.29, 0.717) is 0 Å². The van der Waals surface area contributed by atoms with Crippen molar-refractivity contribution >= 4 is 11.9 Å². The highest BCUT2D eigenvalue weighted by molar-refractivity contribution is 5.88. The Labute approximate surface area is 91.3 Å². The normalized spacial score (nSPS) is 11.9. The van der Waals surface area contributed by atoms with Crippen molar-refractivity contribution in [2.24, 2.45) is 5.73 Å². The van der Waals surface area contributed by atoms with Crippen LogP contribution in [-0.4, -0.2) is 29.3 Å². The number of benzene rings is 1. The van der Waals surface area contributed by atoms with Crippen molar-refractivity contribution in [2.45, 2.75) is 6.04 Å². The average Bonchev–Trinajstić information content (AvgIpc) is 2.26. The van der Waals surface area contributed by atoms with Gasteiger partial charge in [0.1, 0.15) is 11.8 Å². The van der Waals surface area contributed by atoms with Crippen LogP contribution in [0.5, 0.6) is 5.75 Å². The minimum Gasteiger partial charge on any atom is -0.496 e. The third-order valence-corrected chi connectivity index (χ3v) is 2.08. The molecule has 0 aliphatic carbocycles. The van der Waals surface area contributed by atoms with Gasteiger partial charge in [-0.2, -0.15) is 0 Å². The molecule has 0 fully saturated rings. The number of carboxylic acids is 2. The molecule has 0 heterocycles. The summed E-state index contributed by atoms with van der Waals surface area (Å²) in [4.78, 5) is 21.4. The van der Waals surface area contributed by atoms with E-state index in [1.807, 2.05) is 0 Å². The average molecular weight is 225 g/mol. The number of ether oxygens (including phenoxy) is 1. The number of aliphatic carboxylic acids is 1. The molecule has 0 bridgehead atoms. The molecule has 6 nitrogen and oxygen atoms in total. The first-order valence-corrected chi connectivity index (χ1v) is 4.37. The van der Waals surface area contributed by atoms with E-state index in [-0.39, 0.29) is 16.9 Å². The monoisotopic (exact) mass is 225 g/mol. The standard InChI is InChI=1S/C10H11NO5/c1-16-7-4-5(9(12)13)2-3-6(7)8(11)10(14)15/h2-4,8H,11H2,1H3,(H,12,13)(H,14,15). The molecule has 1 atom stereocenters. The van der Waals surface area contributed by atoms with Crippen molar-refractivity contribution in [3.63, 3.8) is 0 Å². The van der Waals surface area contributed by atoms with Crippen LogP contribution in [0.1, 0.15) is 22.0 Å². The fourth-order valence-electron chi connectivity index (χ4n) is 1.23. The lowest BCUT2D eigenvalue weighted by atomic mass is 10.0. The molecule has 0 radical (unpaired) electrons. The third-order valence-electron chi connectivity index (χ3n) is 2.08. The zero-order chi connectivity index (χ0) is 12.3. The summed E-state index contributed by atoms with van der Waals surface area (Å²) in [7, 11) is 1.32. The molecule has 0 aromatic heterocycles. The summed E-state index contributed by atoms with van der Waals surface area (Å²) in [5, 5.41) is 17.5. The Morgan fingerprint density at radius 3 is 2.44 bits per heavy atom. The molecule has 1 rings (SSSR count). The Morgan fingerprint density at radius 1 is 1.38 bits per heavy atom. The summed E-state index contributed by atoms with van der Waals surface area (Å²) in [6, 6.07) is 2.61. The topological polar surface area (TPSA) is 110 Å². The maximum absolute atomic E-state index is 10.7. The zero-order valence-corrected chi connectivity index (χ0v) is 8.51. The van der Waals surface area contributed by atoms with E-state index in [0.717, 1.165) is 0 Å². The minimum atomic E-state index is -1.24. The highest BCUT2D eigenvalue weighted by Crippen LogP contribution is 2.25. The van der Waals surface area contributed by atoms with Gasteiger partial charge >= 0.3 is 11.9 Å². The number of methoxy groups -OCH3 is 1. The van der Waals surface area contributed by atoms with Gasteiger partial charge in [-0.15, -0.1) is 0 Å². The summed E-state index contributed by atoms with van der Waals surface area (Å²) in [6.45, 7) is 0. The number of hydrogen-bond donors (Lipinski definition) is 3. The number of aromatic carboxylic acids is 1. The predicted molar refractivity (Wildman–Crippen MR) is 54.5 cm³/mol. The third kappa shape index (κ3) is 2.29. The van der Waals surface area contributed by atoms with E-state index < -0.39 is 18.0 Å². The van der Waals surface area contributed by atoms with Crippen LogP contribution in [0.3, 0.4) is 0 Å². The van der Waals surface area contributed by atoms with E-state index in [2.05, 4.69) is 0 Å².